The lowest BCUT2D eigenvalue weighted by molar-refractivity contribution is 0.593. The van der Waals surface area contributed by atoms with Crippen molar-refractivity contribution in [3.05, 3.63) is 16.1 Å². The second-order valence-electron chi connectivity index (χ2n) is 4.01. The average molecular weight is 212 g/mol. The highest BCUT2D eigenvalue weighted by Crippen LogP contribution is 2.23. The molecule has 14 heavy (non-hydrogen) atoms. The average Bonchev–Trinajstić information content (AvgIpc) is 2.62. The summed E-state index contributed by atoms with van der Waals surface area (Å²) in [6, 6.07) is 0.546. The molecule has 1 N–H and O–H groups in total. The fraction of sp³-hybridized carbons (Fsp3) is 0.727. The monoisotopic (exact) mass is 212 g/mol. The van der Waals surface area contributed by atoms with Crippen LogP contribution < -0.4 is 5.32 Å². The van der Waals surface area contributed by atoms with E-state index in [9.17, 15) is 0 Å². The van der Waals surface area contributed by atoms with Crippen LogP contribution in [0.5, 0.6) is 0 Å². The maximum absolute atomic E-state index is 4.44. The van der Waals surface area contributed by atoms with Gasteiger partial charge in [0.2, 0.25) is 0 Å². The maximum Gasteiger partial charge on any atom is 0.0956 e. The van der Waals surface area contributed by atoms with E-state index in [2.05, 4.69) is 38.0 Å². The molecule has 0 saturated carbocycles. The van der Waals surface area contributed by atoms with Gasteiger partial charge in [0.15, 0.2) is 0 Å². The van der Waals surface area contributed by atoms with Gasteiger partial charge in [0.1, 0.15) is 0 Å². The van der Waals surface area contributed by atoms with Crippen LogP contribution in [0.15, 0.2) is 6.20 Å². The van der Waals surface area contributed by atoms with Crippen LogP contribution in [-0.2, 0) is 6.54 Å². The summed E-state index contributed by atoms with van der Waals surface area (Å²) in [4.78, 5) is 5.79. The van der Waals surface area contributed by atoms with Gasteiger partial charge >= 0.3 is 0 Å². The van der Waals surface area contributed by atoms with Gasteiger partial charge in [-0.25, -0.2) is 4.98 Å². The first-order chi connectivity index (χ1) is 6.63. The first-order valence-corrected chi connectivity index (χ1v) is 6.13. The molecule has 0 radical (unpaired) electrons. The zero-order valence-corrected chi connectivity index (χ0v) is 10.3. The fourth-order valence-electron chi connectivity index (χ4n) is 1.11. The number of nitrogens with zero attached hydrogens (tertiary/aromatic N) is 1. The predicted octanol–water partition coefficient (Wildman–Crippen LogP) is 3.15. The molecule has 1 heterocycles. The minimum Gasteiger partial charge on any atom is -0.310 e. The van der Waals surface area contributed by atoms with E-state index in [-0.39, 0.29) is 0 Å². The summed E-state index contributed by atoms with van der Waals surface area (Å²) in [5, 5.41) is 4.67. The highest BCUT2D eigenvalue weighted by molar-refractivity contribution is 7.11. The van der Waals surface area contributed by atoms with E-state index in [0.717, 1.165) is 6.54 Å². The van der Waals surface area contributed by atoms with Gasteiger partial charge in [-0.15, -0.1) is 11.3 Å². The SMILES string of the molecule is CCC(C)c1ncc(CNC(C)C)s1. The number of hydrogen-bond donors (Lipinski definition) is 1. The van der Waals surface area contributed by atoms with Crippen LogP contribution in [0, 0.1) is 0 Å². The van der Waals surface area contributed by atoms with Crippen molar-refractivity contribution in [3.63, 3.8) is 0 Å². The lowest BCUT2D eigenvalue weighted by Gasteiger charge is -2.05. The minimum absolute atomic E-state index is 0.546. The van der Waals surface area contributed by atoms with E-state index in [1.807, 2.05) is 17.5 Å². The van der Waals surface area contributed by atoms with E-state index in [1.54, 1.807) is 0 Å². The van der Waals surface area contributed by atoms with Crippen LogP contribution in [-0.4, -0.2) is 11.0 Å². The molecular weight excluding hydrogens is 192 g/mol. The molecule has 0 aliphatic carbocycles. The number of hydrogen-bond acceptors (Lipinski definition) is 3. The summed E-state index contributed by atoms with van der Waals surface area (Å²) in [6.45, 7) is 9.72. The van der Waals surface area contributed by atoms with Crippen molar-refractivity contribution in [2.24, 2.45) is 0 Å². The van der Waals surface area contributed by atoms with Crippen LogP contribution in [0.1, 0.15) is 49.9 Å². The van der Waals surface area contributed by atoms with Gasteiger partial charge in [-0.2, -0.15) is 0 Å². The Kier molecular flexibility index (Phi) is 4.55. The van der Waals surface area contributed by atoms with E-state index in [4.69, 9.17) is 0 Å². The number of aromatic nitrogens is 1. The predicted molar refractivity (Wildman–Crippen MR) is 62.8 cm³/mol. The van der Waals surface area contributed by atoms with Crippen molar-refractivity contribution < 1.29 is 0 Å². The lowest BCUT2D eigenvalue weighted by atomic mass is 10.1. The van der Waals surface area contributed by atoms with Crippen LogP contribution in [0.25, 0.3) is 0 Å². The second kappa shape index (κ2) is 5.47. The lowest BCUT2D eigenvalue weighted by Crippen LogP contribution is -2.21. The largest absolute Gasteiger partial charge is 0.310 e. The second-order valence-corrected chi connectivity index (χ2v) is 5.16. The van der Waals surface area contributed by atoms with E-state index in [0.29, 0.717) is 12.0 Å². The molecule has 0 amide bonds. The topological polar surface area (TPSA) is 24.9 Å². The molecule has 0 aromatic carbocycles. The van der Waals surface area contributed by atoms with Crippen molar-refractivity contribution in [1.29, 1.82) is 0 Å². The third kappa shape index (κ3) is 3.39. The molecular formula is C11H20N2S. The number of thiazole rings is 1. The summed E-state index contributed by atoms with van der Waals surface area (Å²) in [7, 11) is 0. The van der Waals surface area contributed by atoms with Gasteiger partial charge < -0.3 is 5.32 Å². The summed E-state index contributed by atoms with van der Waals surface area (Å²) in [5.74, 6) is 0.604. The van der Waals surface area contributed by atoms with Crippen molar-refractivity contribution >= 4 is 11.3 Å². The molecule has 0 aliphatic rings. The normalized spacial score (nSPS) is 13.5. The quantitative estimate of drug-likeness (QED) is 0.811. The van der Waals surface area contributed by atoms with Crippen molar-refractivity contribution in [1.82, 2.24) is 10.3 Å². The Bertz CT molecular complexity index is 268. The third-order valence-corrected chi connectivity index (χ3v) is 3.52. The van der Waals surface area contributed by atoms with Gasteiger partial charge in [0.05, 0.1) is 5.01 Å². The molecule has 1 aromatic rings. The van der Waals surface area contributed by atoms with Gasteiger partial charge in [-0.05, 0) is 6.42 Å². The molecule has 0 bridgehead atoms. The summed E-state index contributed by atoms with van der Waals surface area (Å²) in [5.41, 5.74) is 0. The van der Waals surface area contributed by atoms with E-state index >= 15 is 0 Å². The molecule has 1 unspecified atom stereocenters. The Morgan fingerprint density at radius 1 is 1.43 bits per heavy atom. The Morgan fingerprint density at radius 3 is 2.71 bits per heavy atom. The third-order valence-electron chi connectivity index (χ3n) is 2.29. The zero-order valence-electron chi connectivity index (χ0n) is 9.50. The smallest absolute Gasteiger partial charge is 0.0956 e. The van der Waals surface area contributed by atoms with Gasteiger partial charge in [0, 0.05) is 29.6 Å². The first-order valence-electron chi connectivity index (χ1n) is 5.31. The van der Waals surface area contributed by atoms with Gasteiger partial charge in [-0.3, -0.25) is 0 Å². The standard InChI is InChI=1S/C11H20N2S/c1-5-9(4)11-13-7-10(14-11)6-12-8(2)3/h7-9,12H,5-6H2,1-4H3. The van der Waals surface area contributed by atoms with Gasteiger partial charge in [0.25, 0.3) is 0 Å². The zero-order chi connectivity index (χ0) is 10.6. The molecule has 3 heteroatoms. The molecule has 0 fully saturated rings. The minimum atomic E-state index is 0.546. The van der Waals surface area contributed by atoms with Crippen molar-refractivity contribution in [2.45, 2.75) is 52.6 Å². The molecule has 0 aliphatic heterocycles. The summed E-state index contributed by atoms with van der Waals surface area (Å²) >= 11 is 1.83. The Morgan fingerprint density at radius 2 is 2.14 bits per heavy atom. The molecule has 1 atom stereocenters. The highest BCUT2D eigenvalue weighted by atomic mass is 32.1. The molecule has 0 saturated heterocycles. The van der Waals surface area contributed by atoms with E-state index in [1.165, 1.54) is 16.3 Å². The highest BCUT2D eigenvalue weighted by Gasteiger charge is 2.08. The molecule has 0 spiro atoms. The van der Waals surface area contributed by atoms with Gasteiger partial charge in [-0.1, -0.05) is 27.7 Å². The Labute approximate surface area is 90.8 Å². The van der Waals surface area contributed by atoms with Crippen molar-refractivity contribution in [3.8, 4) is 0 Å². The Hall–Kier alpha value is -0.410. The Balaban J connectivity index is 2.50. The van der Waals surface area contributed by atoms with Crippen LogP contribution in [0.2, 0.25) is 0 Å². The molecule has 2 nitrogen and oxygen atoms in total. The summed E-state index contributed by atoms with van der Waals surface area (Å²) < 4.78 is 0. The van der Waals surface area contributed by atoms with E-state index < -0.39 is 0 Å². The number of nitrogens with one attached hydrogen (secondary N) is 1. The maximum atomic E-state index is 4.44. The molecule has 1 rings (SSSR count). The molecule has 1 aromatic heterocycles. The van der Waals surface area contributed by atoms with Crippen LogP contribution in [0.3, 0.4) is 0 Å². The number of rotatable bonds is 5. The molecule has 80 valence electrons. The van der Waals surface area contributed by atoms with Crippen LogP contribution in [0.4, 0.5) is 0 Å². The first kappa shape index (κ1) is 11.7. The van der Waals surface area contributed by atoms with Crippen LogP contribution >= 0.6 is 11.3 Å². The fourth-order valence-corrected chi connectivity index (χ4v) is 2.11. The van der Waals surface area contributed by atoms with Crippen molar-refractivity contribution in [2.75, 3.05) is 0 Å². The summed E-state index contributed by atoms with van der Waals surface area (Å²) in [6.07, 6.45) is 3.17.